The zero-order valence-corrected chi connectivity index (χ0v) is 19.9. The number of halogens is 1. The summed E-state index contributed by atoms with van der Waals surface area (Å²) in [5.74, 6) is -2.65. The number of allylic oxidation sites excluding steroid dienone is 4. The first-order chi connectivity index (χ1) is 15.4. The van der Waals surface area contributed by atoms with Gasteiger partial charge in [-0.05, 0) is 57.1 Å². The van der Waals surface area contributed by atoms with Gasteiger partial charge < -0.3 is 14.9 Å². The van der Waals surface area contributed by atoms with Crippen LogP contribution in [0.4, 0.5) is 4.39 Å². The third kappa shape index (κ3) is 2.94. The van der Waals surface area contributed by atoms with E-state index in [1.54, 1.807) is 13.0 Å². The Labute approximate surface area is 194 Å². The number of ether oxygens (including phenoxy) is 1. The lowest BCUT2D eigenvalue weighted by Crippen LogP contribution is -2.70. The van der Waals surface area contributed by atoms with Crippen LogP contribution in [0.5, 0.6) is 0 Å². The highest BCUT2D eigenvalue weighted by atomic mass is 19.1. The van der Waals surface area contributed by atoms with Crippen LogP contribution in [0.15, 0.2) is 23.8 Å². The molecule has 2 N–H and O–H groups in total. The summed E-state index contributed by atoms with van der Waals surface area (Å²) in [6, 6.07) is 0. The molecule has 3 fully saturated rings. The molecule has 4 rings (SSSR count). The molecule has 4 aliphatic carbocycles. The molecule has 0 bridgehead atoms. The van der Waals surface area contributed by atoms with E-state index in [4.69, 9.17) is 4.74 Å². The van der Waals surface area contributed by atoms with E-state index in [1.807, 2.05) is 20.8 Å². The van der Waals surface area contributed by atoms with Crippen LogP contribution in [-0.4, -0.2) is 51.7 Å². The quantitative estimate of drug-likeness (QED) is 0.609. The van der Waals surface area contributed by atoms with Crippen LogP contribution in [0.3, 0.4) is 0 Å². The summed E-state index contributed by atoms with van der Waals surface area (Å²) in [6.45, 7) is 6.42. The minimum atomic E-state index is -2.02. The summed E-state index contributed by atoms with van der Waals surface area (Å²) in [6.07, 6.45) is 5.02. The maximum atomic E-state index is 17.2. The first kappa shape index (κ1) is 24.3. The predicted molar refractivity (Wildman–Crippen MR) is 119 cm³/mol. The maximum absolute atomic E-state index is 17.2. The number of ketones is 2. The van der Waals surface area contributed by atoms with Gasteiger partial charge in [-0.25, -0.2) is 4.39 Å². The molecule has 0 spiro atoms. The van der Waals surface area contributed by atoms with Crippen molar-refractivity contribution in [2.45, 2.75) is 83.6 Å². The summed E-state index contributed by atoms with van der Waals surface area (Å²) < 4.78 is 23.1. The number of alkyl halides is 1. The van der Waals surface area contributed by atoms with Gasteiger partial charge in [-0.15, -0.1) is 0 Å². The Hall–Kier alpha value is -1.86. The van der Waals surface area contributed by atoms with Crippen molar-refractivity contribution < 1.29 is 33.7 Å². The van der Waals surface area contributed by atoms with Crippen molar-refractivity contribution in [3.05, 3.63) is 23.8 Å². The number of carbonyl (C=O) groups is 3. The Morgan fingerprint density at radius 3 is 2.61 bits per heavy atom. The van der Waals surface area contributed by atoms with Gasteiger partial charge in [0.1, 0.15) is 6.61 Å². The van der Waals surface area contributed by atoms with Crippen LogP contribution < -0.4 is 0 Å². The van der Waals surface area contributed by atoms with Crippen LogP contribution in [-0.2, 0) is 19.1 Å². The average molecular weight is 463 g/mol. The standard InChI is InChI=1S/C26H35FO6/c1-5-6-22(32)33-26(21(31)14-28)15(2)11-19-18-8-7-16-12-17(29)9-10-23(16,3)25(18,27)20(30)13-24(19,26)4/h9-10,12,15,18-20,28,30H,5-8,11,13-14H2,1-4H3/t15?,18-,19-,20-,23-,24-,25-,26+/m0/s1. The first-order valence-electron chi connectivity index (χ1n) is 12.1. The number of aliphatic hydroxyl groups is 2. The molecular weight excluding hydrogens is 427 g/mol. The minimum absolute atomic E-state index is 0.0786. The molecule has 0 aliphatic heterocycles. The van der Waals surface area contributed by atoms with Gasteiger partial charge in [0.25, 0.3) is 0 Å². The van der Waals surface area contributed by atoms with Gasteiger partial charge in [-0.1, -0.05) is 32.4 Å². The normalized spacial score (nSPS) is 46.2. The average Bonchev–Trinajstić information content (AvgIpc) is 2.97. The zero-order chi connectivity index (χ0) is 24.4. The molecule has 4 aliphatic rings. The van der Waals surface area contributed by atoms with Gasteiger partial charge in [0.2, 0.25) is 5.78 Å². The number of rotatable bonds is 5. The van der Waals surface area contributed by atoms with Crippen LogP contribution >= 0.6 is 0 Å². The number of esters is 1. The van der Waals surface area contributed by atoms with E-state index in [-0.39, 0.29) is 24.5 Å². The third-order valence-electron chi connectivity index (χ3n) is 9.47. The fraction of sp³-hybridized carbons (Fsp3) is 0.731. The van der Waals surface area contributed by atoms with Gasteiger partial charge in [0, 0.05) is 29.1 Å². The Morgan fingerprint density at radius 2 is 1.97 bits per heavy atom. The van der Waals surface area contributed by atoms with Crippen molar-refractivity contribution in [1.29, 1.82) is 0 Å². The molecule has 182 valence electrons. The molecule has 0 heterocycles. The highest BCUT2D eigenvalue weighted by Gasteiger charge is 2.77. The third-order valence-corrected chi connectivity index (χ3v) is 9.47. The predicted octanol–water partition coefficient (Wildman–Crippen LogP) is 3.25. The summed E-state index contributed by atoms with van der Waals surface area (Å²) in [7, 11) is 0. The zero-order valence-electron chi connectivity index (χ0n) is 19.9. The lowest BCUT2D eigenvalue weighted by Gasteiger charge is -2.62. The van der Waals surface area contributed by atoms with Crippen molar-refractivity contribution in [2.75, 3.05) is 6.61 Å². The second-order valence-corrected chi connectivity index (χ2v) is 10.9. The Kier molecular flexibility index (Phi) is 5.77. The van der Waals surface area contributed by atoms with Crippen LogP contribution in [0, 0.1) is 28.6 Å². The van der Waals surface area contributed by atoms with Crippen molar-refractivity contribution in [3.8, 4) is 0 Å². The fourth-order valence-corrected chi connectivity index (χ4v) is 7.95. The molecular formula is C26H35FO6. The fourth-order valence-electron chi connectivity index (χ4n) is 7.95. The monoisotopic (exact) mass is 462 g/mol. The van der Waals surface area contributed by atoms with E-state index in [2.05, 4.69) is 0 Å². The van der Waals surface area contributed by atoms with E-state index in [0.717, 1.165) is 0 Å². The Bertz CT molecular complexity index is 941. The number of fused-ring (bicyclic) bond motifs is 5. The topological polar surface area (TPSA) is 101 Å². The van der Waals surface area contributed by atoms with Crippen molar-refractivity contribution in [2.24, 2.45) is 28.6 Å². The van der Waals surface area contributed by atoms with Crippen LogP contribution in [0.1, 0.15) is 66.2 Å². The number of hydrogen-bond acceptors (Lipinski definition) is 6. The van der Waals surface area contributed by atoms with Gasteiger partial charge in [0.05, 0.1) is 6.10 Å². The molecule has 0 aromatic rings. The van der Waals surface area contributed by atoms with Gasteiger partial charge in [-0.3, -0.25) is 14.4 Å². The van der Waals surface area contributed by atoms with E-state index < -0.39 is 58.4 Å². The molecule has 3 saturated carbocycles. The Balaban J connectivity index is 1.83. The largest absolute Gasteiger partial charge is 0.450 e. The highest BCUT2D eigenvalue weighted by molar-refractivity contribution is 6.01. The van der Waals surface area contributed by atoms with Crippen molar-refractivity contribution in [3.63, 3.8) is 0 Å². The van der Waals surface area contributed by atoms with Crippen LogP contribution in [0.2, 0.25) is 0 Å². The molecule has 7 heteroatoms. The molecule has 0 saturated heterocycles. The van der Waals surface area contributed by atoms with Gasteiger partial charge in [0.15, 0.2) is 17.1 Å². The maximum Gasteiger partial charge on any atom is 0.306 e. The molecule has 0 aromatic heterocycles. The van der Waals surface area contributed by atoms with E-state index in [1.165, 1.54) is 12.2 Å². The molecule has 0 aromatic carbocycles. The summed E-state index contributed by atoms with van der Waals surface area (Å²) in [5, 5.41) is 21.3. The van der Waals surface area contributed by atoms with E-state index in [0.29, 0.717) is 31.3 Å². The number of carbonyl (C=O) groups excluding carboxylic acids is 3. The molecule has 6 nitrogen and oxygen atoms in total. The van der Waals surface area contributed by atoms with E-state index in [9.17, 15) is 24.6 Å². The number of Topliss-reactive ketones (excluding diaryl/α,β-unsaturated/α-hetero) is 1. The van der Waals surface area contributed by atoms with E-state index >= 15 is 4.39 Å². The molecule has 1 unspecified atom stereocenters. The minimum Gasteiger partial charge on any atom is -0.450 e. The smallest absolute Gasteiger partial charge is 0.306 e. The molecule has 8 atom stereocenters. The SMILES string of the molecule is CCCC(=O)O[C@@]1(C(=O)CO)C(C)C[C@H]2[C@@H]3CCC4=CC(=O)C=C[C@]4(C)[C@@]3(F)[C@@H](O)C[C@@]21C. The molecule has 33 heavy (non-hydrogen) atoms. The molecule has 0 amide bonds. The molecule has 0 radical (unpaired) electrons. The number of hydrogen-bond donors (Lipinski definition) is 2. The number of aliphatic hydroxyl groups excluding tert-OH is 2. The van der Waals surface area contributed by atoms with Gasteiger partial charge in [-0.2, -0.15) is 0 Å². The summed E-state index contributed by atoms with van der Waals surface area (Å²) in [4.78, 5) is 37.9. The Morgan fingerprint density at radius 1 is 1.27 bits per heavy atom. The van der Waals surface area contributed by atoms with Gasteiger partial charge >= 0.3 is 5.97 Å². The lowest BCUT2D eigenvalue weighted by molar-refractivity contribution is -0.228. The second kappa shape index (κ2) is 7.84. The highest BCUT2D eigenvalue weighted by Crippen LogP contribution is 2.71. The first-order valence-corrected chi connectivity index (χ1v) is 12.1. The van der Waals surface area contributed by atoms with Crippen molar-refractivity contribution in [1.82, 2.24) is 0 Å². The lowest BCUT2D eigenvalue weighted by atomic mass is 9.44. The summed E-state index contributed by atoms with van der Waals surface area (Å²) >= 11 is 0. The van der Waals surface area contributed by atoms with Crippen molar-refractivity contribution >= 4 is 17.5 Å². The summed E-state index contributed by atoms with van der Waals surface area (Å²) in [5.41, 5.74) is -5.10. The van der Waals surface area contributed by atoms with Crippen LogP contribution in [0.25, 0.3) is 0 Å². The second-order valence-electron chi connectivity index (χ2n) is 10.9.